The van der Waals surface area contributed by atoms with E-state index < -0.39 is 0 Å². The summed E-state index contributed by atoms with van der Waals surface area (Å²) in [7, 11) is 0. The van der Waals surface area contributed by atoms with Crippen molar-refractivity contribution < 1.29 is 11.3 Å². The van der Waals surface area contributed by atoms with Gasteiger partial charge in [0.05, 0.1) is 6.10 Å². The molecule has 2 aromatic carbocycles. The van der Waals surface area contributed by atoms with Crippen molar-refractivity contribution >= 4 is 5.78 Å². The smallest absolute Gasteiger partial charge is 0.159 e. The number of aliphatic hydroxyl groups is 1. The van der Waals surface area contributed by atoms with Crippen molar-refractivity contribution in [3.63, 3.8) is 0 Å². The Balaban J connectivity index is 0.000000364. The second-order valence-corrected chi connectivity index (χ2v) is 5.01. The first-order chi connectivity index (χ1) is 9.40. The Kier molecular flexibility index (Phi) is 6.13. The molecule has 0 heterocycles. The highest BCUT2D eigenvalue weighted by Crippen LogP contribution is 2.11. The molecule has 0 fully saturated rings. The number of hydrogen-bond acceptors (Lipinski definition) is 2. The van der Waals surface area contributed by atoms with Crippen LogP contribution in [0.2, 0.25) is 0 Å². The highest BCUT2D eigenvalue weighted by Gasteiger charge is 1.97. The number of hydrogen-bond donors (Lipinski definition) is 1. The van der Waals surface area contributed by atoms with Crippen LogP contribution < -0.4 is 0 Å². The first kappa shape index (κ1) is 16.1. The molecule has 0 bridgehead atoms. The van der Waals surface area contributed by atoms with Gasteiger partial charge < -0.3 is 5.11 Å². The highest BCUT2D eigenvalue weighted by atomic mass is 16.3. The maximum atomic E-state index is 10.8. The van der Waals surface area contributed by atoms with E-state index in [2.05, 4.69) is 0 Å². The number of carbonyl (C=O) groups is 1. The Morgan fingerprint density at radius 2 is 1.35 bits per heavy atom. The zero-order valence-corrected chi connectivity index (χ0v) is 12.6. The van der Waals surface area contributed by atoms with Gasteiger partial charge in [-0.05, 0) is 33.3 Å². The second kappa shape index (κ2) is 7.61. The summed E-state index contributed by atoms with van der Waals surface area (Å²) in [5, 5.41) is 9.11. The summed E-state index contributed by atoms with van der Waals surface area (Å²) in [6.07, 6.45) is -0.347. The number of Topliss-reactive ketones (excluding diaryl/α,β-unsaturated/α-hetero) is 1. The summed E-state index contributed by atoms with van der Waals surface area (Å²) in [4.78, 5) is 10.8. The van der Waals surface area contributed by atoms with Gasteiger partial charge in [0.1, 0.15) is 0 Å². The van der Waals surface area contributed by atoms with Gasteiger partial charge in [-0.1, -0.05) is 59.7 Å². The van der Waals surface area contributed by atoms with Crippen molar-refractivity contribution in [2.45, 2.75) is 33.8 Å². The molecule has 1 N–H and O–H groups in total. The molecule has 0 saturated carbocycles. The van der Waals surface area contributed by atoms with Gasteiger partial charge >= 0.3 is 0 Å². The highest BCUT2D eigenvalue weighted by molar-refractivity contribution is 5.93. The zero-order valence-electron chi connectivity index (χ0n) is 12.6. The van der Waals surface area contributed by atoms with E-state index in [4.69, 9.17) is 5.11 Å². The van der Waals surface area contributed by atoms with Crippen LogP contribution in [0.5, 0.6) is 0 Å². The van der Waals surface area contributed by atoms with Crippen LogP contribution in [0.4, 0.5) is 0 Å². The molecule has 108 valence electrons. The fraction of sp³-hybridized carbons (Fsp3) is 0.278. The predicted octanol–water partition coefficient (Wildman–Crippen LogP) is 4.49. The van der Waals surface area contributed by atoms with E-state index >= 15 is 0 Å². The van der Waals surface area contributed by atoms with Gasteiger partial charge in [0.2, 0.25) is 0 Å². The molecule has 0 aliphatic rings. The van der Waals surface area contributed by atoms with Crippen LogP contribution in [0.3, 0.4) is 0 Å². The quantitative estimate of drug-likeness (QED) is 0.818. The Hall–Kier alpha value is -1.93. The van der Waals surface area contributed by atoms with Gasteiger partial charge in [0, 0.05) is 6.99 Å². The third-order valence-corrected chi connectivity index (χ3v) is 3.02. The van der Waals surface area contributed by atoms with E-state index in [0.29, 0.717) is 0 Å². The lowest BCUT2D eigenvalue weighted by molar-refractivity contribution is 0.101. The van der Waals surface area contributed by atoms with E-state index in [-0.39, 0.29) is 13.3 Å². The monoisotopic (exact) mass is 272 g/mol. The molecule has 0 aliphatic carbocycles. The summed E-state index contributed by atoms with van der Waals surface area (Å²) < 4.78 is 0. The van der Waals surface area contributed by atoms with Crippen LogP contribution in [0, 0.1) is 13.8 Å². The van der Waals surface area contributed by atoms with E-state index in [0.717, 1.165) is 11.1 Å². The van der Waals surface area contributed by atoms with Gasteiger partial charge in [0.15, 0.2) is 5.78 Å². The predicted molar refractivity (Wildman–Crippen MR) is 85.1 cm³/mol. The number of carbonyl (C=O) groups excluding carboxylic acids is 1. The third-order valence-electron chi connectivity index (χ3n) is 3.02. The van der Waals surface area contributed by atoms with Crippen LogP contribution in [-0.2, 0) is 0 Å². The molecular weight excluding hydrogens is 248 g/mol. The summed E-state index contributed by atoms with van der Waals surface area (Å²) >= 11 is 0. The van der Waals surface area contributed by atoms with Crippen LogP contribution in [0.1, 0.15) is 48.4 Å². The fourth-order valence-electron chi connectivity index (χ4n) is 1.63. The molecule has 0 aliphatic heterocycles. The minimum absolute atomic E-state index is 0. The Morgan fingerprint density at radius 3 is 1.70 bits per heavy atom. The maximum absolute atomic E-state index is 10.8. The van der Waals surface area contributed by atoms with E-state index in [1.54, 1.807) is 13.8 Å². The molecule has 1 unspecified atom stereocenters. The summed E-state index contributed by atoms with van der Waals surface area (Å²) in [5.41, 5.74) is 4.17. The van der Waals surface area contributed by atoms with Gasteiger partial charge in [-0.25, -0.2) is 0 Å². The topological polar surface area (TPSA) is 37.3 Å². The minimum atomic E-state index is -0.347. The molecule has 1 atom stereocenters. The average molecular weight is 272 g/mol. The Labute approximate surface area is 122 Å². The molecule has 0 saturated heterocycles. The number of benzene rings is 2. The van der Waals surface area contributed by atoms with E-state index in [9.17, 15) is 4.79 Å². The van der Waals surface area contributed by atoms with Crippen LogP contribution in [0.25, 0.3) is 0 Å². The van der Waals surface area contributed by atoms with Crippen LogP contribution in [0.15, 0.2) is 48.5 Å². The summed E-state index contributed by atoms with van der Waals surface area (Å²) in [6, 6.07) is 15.5. The van der Waals surface area contributed by atoms with Crippen molar-refractivity contribution in [1.29, 1.82) is 0 Å². The van der Waals surface area contributed by atoms with E-state index in [1.807, 2.05) is 62.4 Å². The molecule has 2 aromatic rings. The Morgan fingerprint density at radius 1 is 0.950 bits per heavy atom. The van der Waals surface area contributed by atoms with Crippen LogP contribution in [-0.4, -0.2) is 10.9 Å². The van der Waals surface area contributed by atoms with Gasteiger partial charge in [-0.3, -0.25) is 4.79 Å². The normalized spacial score (nSPS) is 11.2. The SMILES string of the molecule is CC(=O)c1ccc(C)cc1.Cc1ccc(C(C)O)cc1.[HH]. The lowest BCUT2D eigenvalue weighted by Gasteiger charge is -2.02. The van der Waals surface area contributed by atoms with Crippen LogP contribution >= 0.6 is 0 Å². The standard InChI is InChI=1S/C9H12O.C9H10O.H2/c2*1-7-3-5-9(6-4-7)8(2)10;/h3-6,8,10H,1-2H3;3-6H,1-2H3;1H. The molecule has 2 rings (SSSR count). The van der Waals surface area contributed by atoms with Gasteiger partial charge in [-0.15, -0.1) is 0 Å². The van der Waals surface area contributed by atoms with Crippen molar-refractivity contribution in [3.05, 3.63) is 70.8 Å². The third kappa shape index (κ3) is 5.37. The molecule has 0 spiro atoms. The largest absolute Gasteiger partial charge is 0.389 e. The molecule has 2 nitrogen and oxygen atoms in total. The molecule has 0 aromatic heterocycles. The van der Waals surface area contributed by atoms with Crippen molar-refractivity contribution in [3.8, 4) is 0 Å². The molecule has 0 amide bonds. The van der Waals surface area contributed by atoms with Crippen molar-refractivity contribution in [2.75, 3.05) is 0 Å². The van der Waals surface area contributed by atoms with Crippen molar-refractivity contribution in [2.24, 2.45) is 0 Å². The van der Waals surface area contributed by atoms with Gasteiger partial charge in [-0.2, -0.15) is 0 Å². The number of rotatable bonds is 2. The summed E-state index contributed by atoms with van der Waals surface area (Å²) in [5.74, 6) is 0.125. The number of ketones is 1. The zero-order chi connectivity index (χ0) is 15.1. The average Bonchev–Trinajstić information content (AvgIpc) is 2.40. The lowest BCUT2D eigenvalue weighted by Crippen LogP contribution is -1.90. The van der Waals surface area contributed by atoms with E-state index in [1.165, 1.54) is 11.1 Å². The van der Waals surface area contributed by atoms with Crippen molar-refractivity contribution in [1.82, 2.24) is 0 Å². The first-order valence-electron chi connectivity index (χ1n) is 6.72. The molecule has 2 heteroatoms. The lowest BCUT2D eigenvalue weighted by atomic mass is 10.1. The number of aliphatic hydroxyl groups excluding tert-OH is 1. The minimum Gasteiger partial charge on any atom is -0.389 e. The fourth-order valence-corrected chi connectivity index (χ4v) is 1.63. The second-order valence-electron chi connectivity index (χ2n) is 5.01. The number of aryl methyl sites for hydroxylation is 2. The first-order valence-corrected chi connectivity index (χ1v) is 6.72. The summed E-state index contributed by atoms with van der Waals surface area (Å²) in [6.45, 7) is 7.38. The Bertz CT molecular complexity index is 542. The molecule has 0 radical (unpaired) electrons. The van der Waals surface area contributed by atoms with Gasteiger partial charge in [0.25, 0.3) is 0 Å². The molecule has 20 heavy (non-hydrogen) atoms. The molecular formula is C18H24O2. The maximum Gasteiger partial charge on any atom is 0.159 e.